The van der Waals surface area contributed by atoms with Crippen molar-refractivity contribution in [3.05, 3.63) is 51.2 Å². The number of sulfonamides is 1. The quantitative estimate of drug-likeness (QED) is 0.363. The van der Waals surface area contributed by atoms with E-state index in [1.165, 1.54) is 13.2 Å². The minimum Gasteiger partial charge on any atom is -0.464 e. The normalized spacial score (nSPS) is 11.6. The third-order valence-electron chi connectivity index (χ3n) is 3.48. The van der Waals surface area contributed by atoms with E-state index in [9.17, 15) is 23.3 Å². The van der Waals surface area contributed by atoms with E-state index in [0.717, 1.165) is 22.7 Å². The first-order valence-electron chi connectivity index (χ1n) is 7.67. The van der Waals surface area contributed by atoms with E-state index in [2.05, 4.69) is 9.72 Å². The highest BCUT2D eigenvalue weighted by Crippen LogP contribution is 2.29. The van der Waals surface area contributed by atoms with E-state index in [4.69, 9.17) is 16.0 Å². The molecule has 0 atom stereocenters. The summed E-state index contributed by atoms with van der Waals surface area (Å²) >= 11 is 5.74. The Morgan fingerprint density at radius 1 is 1.44 bits per heavy atom. The Morgan fingerprint density at radius 2 is 2.15 bits per heavy atom. The molecule has 0 radical (unpaired) electrons. The van der Waals surface area contributed by atoms with Gasteiger partial charge in [0, 0.05) is 12.6 Å². The SMILES string of the molecule is CCCN(Cc1nc(C(=O)OC)co1)S(=O)(=O)c1ccc(Cl)c([N+](=O)[O-])c1. The van der Waals surface area contributed by atoms with Gasteiger partial charge in [-0.1, -0.05) is 18.5 Å². The van der Waals surface area contributed by atoms with E-state index >= 15 is 0 Å². The molecule has 2 aromatic rings. The highest BCUT2D eigenvalue weighted by molar-refractivity contribution is 7.89. The van der Waals surface area contributed by atoms with Crippen LogP contribution in [0.15, 0.2) is 33.8 Å². The first-order valence-corrected chi connectivity index (χ1v) is 9.49. The molecule has 0 fully saturated rings. The summed E-state index contributed by atoms with van der Waals surface area (Å²) in [7, 11) is -2.92. The molecule has 0 N–H and O–H groups in total. The van der Waals surface area contributed by atoms with Crippen molar-refractivity contribution in [3.63, 3.8) is 0 Å². The number of methoxy groups -OCH3 is 1. The molecule has 2 rings (SSSR count). The molecule has 27 heavy (non-hydrogen) atoms. The first kappa shape index (κ1) is 20.8. The molecule has 0 saturated heterocycles. The Balaban J connectivity index is 2.37. The number of rotatable bonds is 8. The summed E-state index contributed by atoms with van der Waals surface area (Å²) in [5.41, 5.74) is -0.609. The molecule has 0 aliphatic heterocycles. The second kappa shape index (κ2) is 8.46. The topological polar surface area (TPSA) is 133 Å². The molecule has 0 spiro atoms. The molecule has 1 aromatic heterocycles. The molecular formula is C15H16ClN3O7S. The number of nitro benzene ring substituents is 1. The zero-order valence-corrected chi connectivity index (χ0v) is 16.0. The predicted octanol–water partition coefficient (Wildman–Crippen LogP) is 2.62. The summed E-state index contributed by atoms with van der Waals surface area (Å²) in [5, 5.41) is 10.9. The number of nitrogens with zero attached hydrogens (tertiary/aromatic N) is 3. The van der Waals surface area contributed by atoms with Gasteiger partial charge in [0.15, 0.2) is 5.69 Å². The lowest BCUT2D eigenvalue weighted by molar-refractivity contribution is -0.384. The minimum atomic E-state index is -4.10. The van der Waals surface area contributed by atoms with Crippen LogP contribution in [0.3, 0.4) is 0 Å². The van der Waals surface area contributed by atoms with Crippen LogP contribution in [0.1, 0.15) is 29.7 Å². The van der Waals surface area contributed by atoms with Gasteiger partial charge in [-0.3, -0.25) is 10.1 Å². The van der Waals surface area contributed by atoms with Crippen LogP contribution in [0.4, 0.5) is 5.69 Å². The minimum absolute atomic E-state index is 0.0177. The van der Waals surface area contributed by atoms with Crippen LogP contribution in [0.5, 0.6) is 0 Å². The van der Waals surface area contributed by atoms with E-state index < -0.39 is 26.6 Å². The maximum Gasteiger partial charge on any atom is 0.360 e. The number of carbonyl (C=O) groups is 1. The Bertz CT molecular complexity index is 958. The molecule has 0 aliphatic rings. The predicted molar refractivity (Wildman–Crippen MR) is 93.8 cm³/mol. The van der Waals surface area contributed by atoms with E-state index in [1.54, 1.807) is 6.92 Å². The maximum atomic E-state index is 12.9. The van der Waals surface area contributed by atoms with Gasteiger partial charge in [0.05, 0.1) is 23.5 Å². The lowest BCUT2D eigenvalue weighted by atomic mass is 10.3. The third-order valence-corrected chi connectivity index (χ3v) is 5.64. The van der Waals surface area contributed by atoms with Gasteiger partial charge in [-0.2, -0.15) is 4.31 Å². The van der Waals surface area contributed by atoms with Gasteiger partial charge in [-0.25, -0.2) is 18.2 Å². The largest absolute Gasteiger partial charge is 0.464 e. The molecule has 146 valence electrons. The van der Waals surface area contributed by atoms with Crippen LogP contribution in [0, 0.1) is 10.1 Å². The molecule has 0 aliphatic carbocycles. The Hall–Kier alpha value is -2.50. The lowest BCUT2D eigenvalue weighted by Crippen LogP contribution is -2.31. The van der Waals surface area contributed by atoms with Crippen LogP contribution < -0.4 is 0 Å². The average Bonchev–Trinajstić information content (AvgIpc) is 3.09. The zero-order valence-electron chi connectivity index (χ0n) is 14.4. The second-order valence-electron chi connectivity index (χ2n) is 5.33. The van der Waals surface area contributed by atoms with Crippen LogP contribution >= 0.6 is 11.6 Å². The van der Waals surface area contributed by atoms with Crippen molar-refractivity contribution in [2.45, 2.75) is 24.8 Å². The van der Waals surface area contributed by atoms with Crippen molar-refractivity contribution in [2.24, 2.45) is 0 Å². The molecule has 0 saturated carbocycles. The van der Waals surface area contributed by atoms with Crippen molar-refractivity contribution in [3.8, 4) is 0 Å². The molecule has 1 aromatic carbocycles. The summed E-state index contributed by atoms with van der Waals surface area (Å²) in [4.78, 5) is 25.3. The van der Waals surface area contributed by atoms with Crippen molar-refractivity contribution < 1.29 is 27.3 Å². The Morgan fingerprint density at radius 3 is 2.74 bits per heavy atom. The Kier molecular flexibility index (Phi) is 6.52. The summed E-state index contributed by atoms with van der Waals surface area (Å²) in [6, 6.07) is 3.23. The molecule has 12 heteroatoms. The fourth-order valence-electron chi connectivity index (χ4n) is 2.21. The van der Waals surface area contributed by atoms with Crippen molar-refractivity contribution in [1.29, 1.82) is 0 Å². The number of aromatic nitrogens is 1. The van der Waals surface area contributed by atoms with Crippen molar-refractivity contribution >= 4 is 33.3 Å². The lowest BCUT2D eigenvalue weighted by Gasteiger charge is -2.20. The highest BCUT2D eigenvalue weighted by Gasteiger charge is 2.28. The van der Waals surface area contributed by atoms with Gasteiger partial charge in [0.25, 0.3) is 5.69 Å². The van der Waals surface area contributed by atoms with Gasteiger partial charge in [0.1, 0.15) is 11.3 Å². The fraction of sp³-hybridized carbons (Fsp3) is 0.333. The molecular weight excluding hydrogens is 402 g/mol. The Labute approximate surface area is 159 Å². The monoisotopic (exact) mass is 417 g/mol. The zero-order chi connectivity index (χ0) is 20.2. The molecule has 1 heterocycles. The number of oxazole rings is 1. The maximum absolute atomic E-state index is 12.9. The van der Waals surface area contributed by atoms with Crippen molar-refractivity contribution in [1.82, 2.24) is 9.29 Å². The van der Waals surface area contributed by atoms with Crippen LogP contribution in [-0.2, 0) is 21.3 Å². The number of nitro groups is 1. The summed E-state index contributed by atoms with van der Waals surface area (Å²) in [6.45, 7) is 1.61. The highest BCUT2D eigenvalue weighted by atomic mass is 35.5. The number of ether oxygens (including phenoxy) is 1. The number of hydrogen-bond donors (Lipinski definition) is 0. The molecule has 0 unspecified atom stereocenters. The summed E-state index contributed by atoms with van der Waals surface area (Å²) in [6.07, 6.45) is 1.53. The first-order chi connectivity index (χ1) is 12.7. The smallest absolute Gasteiger partial charge is 0.360 e. The number of benzene rings is 1. The van der Waals surface area contributed by atoms with Gasteiger partial charge >= 0.3 is 5.97 Å². The number of carbonyl (C=O) groups excluding carboxylic acids is 1. The standard InChI is InChI=1S/C15H16ClN3O7S/c1-3-6-18(8-14-17-12(9-26-14)15(20)25-2)27(23,24)10-4-5-11(16)13(7-10)19(21)22/h4-5,7,9H,3,6,8H2,1-2H3. The van der Waals surface area contributed by atoms with E-state index in [1.807, 2.05) is 0 Å². The van der Waals surface area contributed by atoms with Gasteiger partial charge in [0.2, 0.25) is 15.9 Å². The molecule has 0 amide bonds. The van der Waals surface area contributed by atoms with Crippen LogP contribution in [0.2, 0.25) is 5.02 Å². The fourth-order valence-corrected chi connectivity index (χ4v) is 3.90. The number of halogens is 1. The van der Waals surface area contributed by atoms with Crippen LogP contribution in [0.25, 0.3) is 0 Å². The van der Waals surface area contributed by atoms with Gasteiger partial charge in [-0.05, 0) is 18.6 Å². The number of hydrogen-bond acceptors (Lipinski definition) is 8. The van der Waals surface area contributed by atoms with Crippen molar-refractivity contribution in [2.75, 3.05) is 13.7 Å². The third kappa shape index (κ3) is 4.62. The summed E-state index contributed by atoms with van der Waals surface area (Å²) < 4.78 is 36.5. The summed E-state index contributed by atoms with van der Waals surface area (Å²) in [5.74, 6) is -0.737. The second-order valence-corrected chi connectivity index (χ2v) is 7.67. The van der Waals surface area contributed by atoms with Gasteiger partial charge < -0.3 is 9.15 Å². The van der Waals surface area contributed by atoms with E-state index in [0.29, 0.717) is 6.42 Å². The van der Waals surface area contributed by atoms with Gasteiger partial charge in [-0.15, -0.1) is 0 Å². The van der Waals surface area contributed by atoms with Crippen LogP contribution in [-0.4, -0.2) is 42.3 Å². The van der Waals surface area contributed by atoms with E-state index in [-0.39, 0.29) is 34.6 Å². The average molecular weight is 418 g/mol. The molecule has 10 nitrogen and oxygen atoms in total. The number of esters is 1. The molecule has 0 bridgehead atoms.